The molecule has 2 aliphatic heterocycles. The second-order valence-electron chi connectivity index (χ2n) is 6.91. The van der Waals surface area contributed by atoms with Crippen molar-refractivity contribution in [3.8, 4) is 11.5 Å². The lowest BCUT2D eigenvalue weighted by molar-refractivity contribution is -0.125. The van der Waals surface area contributed by atoms with Gasteiger partial charge in [0.2, 0.25) is 5.91 Å². The molecular formula is C18H27ClN2O3. The molecule has 2 aliphatic rings. The van der Waals surface area contributed by atoms with Gasteiger partial charge in [0.25, 0.3) is 0 Å². The highest BCUT2D eigenvalue weighted by molar-refractivity contribution is 5.87. The van der Waals surface area contributed by atoms with Gasteiger partial charge in [0.05, 0.1) is 5.41 Å². The van der Waals surface area contributed by atoms with Gasteiger partial charge < -0.3 is 20.1 Å². The molecule has 1 fully saturated rings. The standard InChI is InChI=1S/C18H26N2O3.ClH/c1-18(2,17(21)20-12-13-4-3-7-19-11-13)14-5-6-15-16(10-14)23-9-8-22-15;/h5-6,10,13,19H,3-4,7-9,11-12H2,1-2H3,(H,20,21);1H. The molecule has 0 saturated carbocycles. The molecule has 0 bridgehead atoms. The lowest BCUT2D eigenvalue weighted by Gasteiger charge is -2.28. The first-order valence-electron chi connectivity index (χ1n) is 8.46. The van der Waals surface area contributed by atoms with Crippen LogP contribution in [0.5, 0.6) is 11.5 Å². The molecule has 1 aromatic carbocycles. The Hall–Kier alpha value is -1.46. The van der Waals surface area contributed by atoms with E-state index in [2.05, 4.69) is 10.6 Å². The van der Waals surface area contributed by atoms with Crippen LogP contribution in [0, 0.1) is 5.92 Å². The van der Waals surface area contributed by atoms with E-state index in [1.807, 2.05) is 32.0 Å². The maximum absolute atomic E-state index is 12.7. The van der Waals surface area contributed by atoms with E-state index in [4.69, 9.17) is 9.47 Å². The van der Waals surface area contributed by atoms with Crippen molar-refractivity contribution in [2.75, 3.05) is 32.8 Å². The molecule has 6 heteroatoms. The molecule has 1 aromatic rings. The molecule has 3 rings (SSSR count). The number of benzene rings is 1. The number of hydrogen-bond donors (Lipinski definition) is 2. The monoisotopic (exact) mass is 354 g/mol. The zero-order chi connectivity index (χ0) is 16.3. The molecule has 0 spiro atoms. The number of rotatable bonds is 4. The molecule has 1 unspecified atom stereocenters. The molecule has 24 heavy (non-hydrogen) atoms. The first kappa shape index (κ1) is 18.9. The number of fused-ring (bicyclic) bond motifs is 1. The SMILES string of the molecule is CC(C)(C(=O)NCC1CCCNC1)c1ccc2c(c1)OCCO2.Cl. The molecule has 2 N–H and O–H groups in total. The van der Waals surface area contributed by atoms with Gasteiger partial charge in [-0.1, -0.05) is 6.07 Å². The lowest BCUT2D eigenvalue weighted by Crippen LogP contribution is -2.44. The smallest absolute Gasteiger partial charge is 0.230 e. The third-order valence-corrected chi connectivity index (χ3v) is 4.78. The Morgan fingerprint density at radius 3 is 2.75 bits per heavy atom. The number of carbonyl (C=O) groups excluding carboxylic acids is 1. The van der Waals surface area contributed by atoms with Crippen molar-refractivity contribution >= 4 is 18.3 Å². The van der Waals surface area contributed by atoms with Crippen LogP contribution in [0.1, 0.15) is 32.3 Å². The minimum atomic E-state index is -0.599. The molecule has 0 radical (unpaired) electrons. The second kappa shape index (κ2) is 8.08. The number of halogens is 1. The largest absolute Gasteiger partial charge is 0.486 e. The Kier molecular flexibility index (Phi) is 6.35. The fraction of sp³-hybridized carbons (Fsp3) is 0.611. The van der Waals surface area contributed by atoms with Crippen LogP contribution in [0.25, 0.3) is 0 Å². The van der Waals surface area contributed by atoms with Gasteiger partial charge in [0.15, 0.2) is 11.5 Å². The summed E-state index contributed by atoms with van der Waals surface area (Å²) < 4.78 is 11.2. The third kappa shape index (κ3) is 4.14. The summed E-state index contributed by atoms with van der Waals surface area (Å²) in [5.41, 5.74) is 0.346. The van der Waals surface area contributed by atoms with Crippen molar-refractivity contribution in [3.05, 3.63) is 23.8 Å². The third-order valence-electron chi connectivity index (χ3n) is 4.78. The molecule has 1 amide bonds. The Balaban J connectivity index is 0.00000208. The minimum Gasteiger partial charge on any atom is -0.486 e. The Morgan fingerprint density at radius 2 is 2.04 bits per heavy atom. The number of piperidine rings is 1. The van der Waals surface area contributed by atoms with E-state index < -0.39 is 5.41 Å². The molecule has 5 nitrogen and oxygen atoms in total. The van der Waals surface area contributed by atoms with E-state index >= 15 is 0 Å². The Labute approximate surface area is 149 Å². The predicted octanol–water partition coefficient (Wildman–Crippen LogP) is 2.27. The summed E-state index contributed by atoms with van der Waals surface area (Å²) in [7, 11) is 0. The van der Waals surface area contributed by atoms with Crippen LogP contribution in [-0.2, 0) is 10.2 Å². The van der Waals surface area contributed by atoms with E-state index in [-0.39, 0.29) is 18.3 Å². The summed E-state index contributed by atoms with van der Waals surface area (Å²) in [6.45, 7) is 7.85. The van der Waals surface area contributed by atoms with Crippen LogP contribution in [0.15, 0.2) is 18.2 Å². The number of nitrogens with one attached hydrogen (secondary N) is 2. The number of ether oxygens (including phenoxy) is 2. The quantitative estimate of drug-likeness (QED) is 0.870. The van der Waals surface area contributed by atoms with Crippen LogP contribution in [0.2, 0.25) is 0 Å². The van der Waals surface area contributed by atoms with Crippen LogP contribution in [0.3, 0.4) is 0 Å². The second-order valence-corrected chi connectivity index (χ2v) is 6.91. The van der Waals surface area contributed by atoms with Crippen molar-refractivity contribution < 1.29 is 14.3 Å². The minimum absolute atomic E-state index is 0. The normalized spacial score (nSPS) is 20.0. The van der Waals surface area contributed by atoms with Gasteiger partial charge in [0, 0.05) is 6.54 Å². The molecule has 0 aliphatic carbocycles. The van der Waals surface area contributed by atoms with Gasteiger partial charge in [-0.15, -0.1) is 12.4 Å². The van der Waals surface area contributed by atoms with Crippen molar-refractivity contribution in [2.45, 2.75) is 32.1 Å². The number of hydrogen-bond acceptors (Lipinski definition) is 4. The van der Waals surface area contributed by atoms with Crippen LogP contribution in [-0.4, -0.2) is 38.8 Å². The fourth-order valence-electron chi connectivity index (χ4n) is 3.12. The van der Waals surface area contributed by atoms with Crippen LogP contribution >= 0.6 is 12.4 Å². The average Bonchev–Trinajstić information content (AvgIpc) is 2.60. The highest BCUT2D eigenvalue weighted by atomic mass is 35.5. The maximum atomic E-state index is 12.7. The summed E-state index contributed by atoms with van der Waals surface area (Å²) in [6.07, 6.45) is 2.36. The van der Waals surface area contributed by atoms with E-state index in [9.17, 15) is 4.79 Å². The van der Waals surface area contributed by atoms with Gasteiger partial charge in [-0.2, -0.15) is 0 Å². The molecule has 2 heterocycles. The van der Waals surface area contributed by atoms with E-state index in [0.717, 1.165) is 36.7 Å². The number of carbonyl (C=O) groups is 1. The maximum Gasteiger partial charge on any atom is 0.230 e. The molecule has 1 atom stereocenters. The average molecular weight is 355 g/mol. The van der Waals surface area contributed by atoms with Crippen molar-refractivity contribution in [1.82, 2.24) is 10.6 Å². The first-order valence-corrected chi connectivity index (χ1v) is 8.46. The Morgan fingerprint density at radius 1 is 1.29 bits per heavy atom. The summed E-state index contributed by atoms with van der Waals surface area (Å²) >= 11 is 0. The Bertz CT molecular complexity index is 571. The summed E-state index contributed by atoms with van der Waals surface area (Å²) in [5.74, 6) is 2.07. The van der Waals surface area contributed by atoms with Crippen molar-refractivity contribution in [2.24, 2.45) is 5.92 Å². The number of amides is 1. The van der Waals surface area contributed by atoms with Crippen molar-refractivity contribution in [1.29, 1.82) is 0 Å². The van der Waals surface area contributed by atoms with E-state index in [0.29, 0.717) is 19.1 Å². The highest BCUT2D eigenvalue weighted by Crippen LogP contribution is 2.35. The molecule has 134 valence electrons. The summed E-state index contributed by atoms with van der Waals surface area (Å²) in [4.78, 5) is 12.7. The first-order chi connectivity index (χ1) is 11.1. The summed E-state index contributed by atoms with van der Waals surface area (Å²) in [6, 6.07) is 5.77. The van der Waals surface area contributed by atoms with Gasteiger partial charge in [-0.25, -0.2) is 0 Å². The molecule has 1 saturated heterocycles. The zero-order valence-corrected chi connectivity index (χ0v) is 15.2. The van der Waals surface area contributed by atoms with Crippen molar-refractivity contribution in [3.63, 3.8) is 0 Å². The zero-order valence-electron chi connectivity index (χ0n) is 14.4. The predicted molar refractivity (Wildman–Crippen MR) is 96.3 cm³/mol. The van der Waals surface area contributed by atoms with E-state index in [1.54, 1.807) is 0 Å². The molecular weight excluding hydrogens is 328 g/mol. The van der Waals surface area contributed by atoms with E-state index in [1.165, 1.54) is 12.8 Å². The van der Waals surface area contributed by atoms with Gasteiger partial charge in [-0.05, 0) is 63.4 Å². The van der Waals surface area contributed by atoms with Gasteiger partial charge in [-0.3, -0.25) is 4.79 Å². The molecule has 0 aromatic heterocycles. The summed E-state index contributed by atoms with van der Waals surface area (Å²) in [5, 5.41) is 6.50. The fourth-order valence-corrected chi connectivity index (χ4v) is 3.12. The lowest BCUT2D eigenvalue weighted by atomic mass is 9.83. The van der Waals surface area contributed by atoms with Gasteiger partial charge in [0.1, 0.15) is 13.2 Å². The van der Waals surface area contributed by atoms with Crippen LogP contribution in [0.4, 0.5) is 0 Å². The highest BCUT2D eigenvalue weighted by Gasteiger charge is 2.31. The topological polar surface area (TPSA) is 59.6 Å². The van der Waals surface area contributed by atoms with Gasteiger partial charge >= 0.3 is 0 Å². The van der Waals surface area contributed by atoms with Crippen LogP contribution < -0.4 is 20.1 Å².